The Morgan fingerprint density at radius 1 is 0.935 bits per heavy atom. The fourth-order valence-electron chi connectivity index (χ4n) is 2.59. The second-order valence-corrected chi connectivity index (χ2v) is 6.60. The molecule has 0 aliphatic carbocycles. The van der Waals surface area contributed by atoms with Crippen molar-refractivity contribution in [3.63, 3.8) is 0 Å². The van der Waals surface area contributed by atoms with Crippen LogP contribution in [-0.2, 0) is 19.7 Å². The number of hydrogen-bond acceptors (Lipinski definition) is 6. The molecule has 0 spiro atoms. The summed E-state index contributed by atoms with van der Waals surface area (Å²) in [5.74, 6) is 0.00487. The third kappa shape index (κ3) is 7.27. The Labute approximate surface area is 176 Å². The van der Waals surface area contributed by atoms with E-state index in [1.54, 1.807) is 6.07 Å². The van der Waals surface area contributed by atoms with Crippen molar-refractivity contribution in [2.75, 3.05) is 5.73 Å². The molecule has 1 heterocycles. The minimum atomic E-state index is -4.44. The molecule has 0 bridgehead atoms. The molecule has 1 aromatic heterocycles. The van der Waals surface area contributed by atoms with E-state index in [0.29, 0.717) is 23.5 Å². The maximum absolute atomic E-state index is 12.2. The fourth-order valence-corrected chi connectivity index (χ4v) is 2.59. The Bertz CT molecular complexity index is 1010. The number of nitrogens with zero attached hydrogens (tertiary/aromatic N) is 2. The van der Waals surface area contributed by atoms with Crippen LogP contribution >= 0.6 is 0 Å². The number of benzene rings is 2. The summed E-state index contributed by atoms with van der Waals surface area (Å²) in [5, 5.41) is 4.21. The molecule has 4 N–H and O–H groups in total. The van der Waals surface area contributed by atoms with E-state index in [0.717, 1.165) is 11.1 Å². The minimum absolute atomic E-state index is 0.191. The molecule has 0 saturated carbocycles. The molecule has 7 nitrogen and oxygen atoms in total. The van der Waals surface area contributed by atoms with Gasteiger partial charge in [0.2, 0.25) is 0 Å². The van der Waals surface area contributed by atoms with Gasteiger partial charge in [0.15, 0.2) is 0 Å². The first-order valence-electron chi connectivity index (χ1n) is 9.26. The number of nitrogens with two attached hydrogens (primary N) is 1. The molecular formula is C21H20F3N5O2. The van der Waals surface area contributed by atoms with Gasteiger partial charge in [-0.15, -0.1) is 0 Å². The van der Waals surface area contributed by atoms with E-state index in [2.05, 4.69) is 15.3 Å². The zero-order valence-electron chi connectivity index (χ0n) is 16.3. The van der Waals surface area contributed by atoms with Crippen molar-refractivity contribution < 1.29 is 22.7 Å². The average Bonchev–Trinajstić information content (AvgIpc) is 2.75. The minimum Gasteiger partial charge on any atom is -0.459 e. The lowest BCUT2D eigenvalue weighted by Crippen LogP contribution is -2.30. The second-order valence-electron chi connectivity index (χ2n) is 6.60. The van der Waals surface area contributed by atoms with E-state index in [4.69, 9.17) is 10.5 Å². The van der Waals surface area contributed by atoms with Gasteiger partial charge in [-0.05, 0) is 34.9 Å². The molecule has 0 fully saturated rings. The summed E-state index contributed by atoms with van der Waals surface area (Å²) < 4.78 is 42.0. The van der Waals surface area contributed by atoms with Crippen LogP contribution in [0.4, 0.5) is 19.0 Å². The molecular weight excluding hydrogens is 411 g/mol. The highest BCUT2D eigenvalue weighted by atomic mass is 19.4. The SMILES string of the molecule is Nc1ccnc(OCc2ccc(CNC(=O)c3ccc(CNC(F)(F)F)cc3)cc2)n1. The zero-order valence-corrected chi connectivity index (χ0v) is 16.3. The van der Waals surface area contributed by atoms with Gasteiger partial charge >= 0.3 is 12.3 Å². The van der Waals surface area contributed by atoms with Gasteiger partial charge in [0.05, 0.1) is 0 Å². The zero-order chi connectivity index (χ0) is 22.3. The van der Waals surface area contributed by atoms with Crippen molar-refractivity contribution >= 4 is 11.7 Å². The number of carbonyl (C=O) groups is 1. The molecule has 0 aliphatic heterocycles. The number of aromatic nitrogens is 2. The number of hydrogen-bond donors (Lipinski definition) is 3. The first kappa shape index (κ1) is 22.0. The van der Waals surface area contributed by atoms with Crippen molar-refractivity contribution in [3.05, 3.63) is 83.0 Å². The van der Waals surface area contributed by atoms with E-state index in [9.17, 15) is 18.0 Å². The maximum Gasteiger partial charge on any atom is 0.457 e. The Balaban J connectivity index is 1.46. The molecule has 0 radical (unpaired) electrons. The van der Waals surface area contributed by atoms with Gasteiger partial charge in [-0.3, -0.25) is 4.79 Å². The topological polar surface area (TPSA) is 102 Å². The summed E-state index contributed by atoms with van der Waals surface area (Å²) in [7, 11) is 0. The lowest BCUT2D eigenvalue weighted by atomic mass is 10.1. The summed E-state index contributed by atoms with van der Waals surface area (Å²) >= 11 is 0. The quantitative estimate of drug-likeness (QED) is 0.474. The Morgan fingerprint density at radius 3 is 2.19 bits per heavy atom. The van der Waals surface area contributed by atoms with E-state index < -0.39 is 6.30 Å². The number of nitrogen functional groups attached to an aromatic ring is 1. The monoisotopic (exact) mass is 431 g/mol. The molecule has 10 heteroatoms. The Hall–Kier alpha value is -3.66. The van der Waals surface area contributed by atoms with Crippen LogP contribution in [0.25, 0.3) is 0 Å². The van der Waals surface area contributed by atoms with Crippen LogP contribution in [0.1, 0.15) is 27.0 Å². The lowest BCUT2D eigenvalue weighted by molar-refractivity contribution is -0.158. The molecule has 0 aliphatic rings. The summed E-state index contributed by atoms with van der Waals surface area (Å²) in [6, 6.07) is 15.1. The molecule has 31 heavy (non-hydrogen) atoms. The predicted molar refractivity (Wildman–Crippen MR) is 108 cm³/mol. The number of ether oxygens (including phenoxy) is 1. The van der Waals surface area contributed by atoms with Gasteiger partial charge in [-0.2, -0.15) is 18.2 Å². The number of anilines is 1. The number of halogens is 3. The molecule has 0 saturated heterocycles. The highest BCUT2D eigenvalue weighted by Gasteiger charge is 2.25. The largest absolute Gasteiger partial charge is 0.459 e. The number of amides is 1. The van der Waals surface area contributed by atoms with Crippen LogP contribution < -0.4 is 21.1 Å². The third-order valence-corrected chi connectivity index (χ3v) is 4.21. The molecule has 3 aromatic rings. The number of rotatable bonds is 8. The van der Waals surface area contributed by atoms with Crippen molar-refractivity contribution in [1.82, 2.24) is 20.6 Å². The molecule has 0 atom stereocenters. The Morgan fingerprint density at radius 2 is 1.55 bits per heavy atom. The molecule has 3 rings (SSSR count). The summed E-state index contributed by atoms with van der Waals surface area (Å²) in [5.41, 5.74) is 8.14. The first-order chi connectivity index (χ1) is 14.8. The highest BCUT2D eigenvalue weighted by Crippen LogP contribution is 2.13. The van der Waals surface area contributed by atoms with Crippen LogP contribution in [0.5, 0.6) is 6.01 Å². The third-order valence-electron chi connectivity index (χ3n) is 4.21. The number of alkyl halides is 3. The van der Waals surface area contributed by atoms with Gasteiger partial charge in [0.25, 0.3) is 5.91 Å². The van der Waals surface area contributed by atoms with E-state index in [1.165, 1.54) is 35.8 Å². The second kappa shape index (κ2) is 9.90. The summed E-state index contributed by atoms with van der Waals surface area (Å²) in [4.78, 5) is 20.2. The van der Waals surface area contributed by atoms with Crippen LogP contribution in [-0.4, -0.2) is 22.2 Å². The summed E-state index contributed by atoms with van der Waals surface area (Å²) in [6.45, 7) is 0.215. The average molecular weight is 431 g/mol. The molecule has 162 valence electrons. The van der Waals surface area contributed by atoms with Crippen molar-refractivity contribution in [2.45, 2.75) is 26.0 Å². The number of nitrogens with one attached hydrogen (secondary N) is 2. The van der Waals surface area contributed by atoms with E-state index >= 15 is 0 Å². The first-order valence-corrected chi connectivity index (χ1v) is 9.26. The molecule has 1 amide bonds. The molecule has 2 aromatic carbocycles. The maximum atomic E-state index is 12.2. The van der Waals surface area contributed by atoms with Crippen molar-refractivity contribution in [3.8, 4) is 6.01 Å². The van der Waals surface area contributed by atoms with Crippen molar-refractivity contribution in [1.29, 1.82) is 0 Å². The van der Waals surface area contributed by atoms with E-state index in [-0.39, 0.29) is 25.1 Å². The van der Waals surface area contributed by atoms with Gasteiger partial charge in [-0.25, -0.2) is 10.3 Å². The fraction of sp³-hybridized carbons (Fsp3) is 0.190. The smallest absolute Gasteiger partial charge is 0.457 e. The van der Waals surface area contributed by atoms with Gasteiger partial charge in [0.1, 0.15) is 12.4 Å². The van der Waals surface area contributed by atoms with Crippen molar-refractivity contribution in [2.24, 2.45) is 0 Å². The van der Waals surface area contributed by atoms with Crippen LogP contribution in [0.3, 0.4) is 0 Å². The summed E-state index contributed by atoms with van der Waals surface area (Å²) in [6.07, 6.45) is -2.93. The predicted octanol–water partition coefficient (Wildman–Crippen LogP) is 3.18. The normalized spacial score (nSPS) is 11.2. The molecule has 0 unspecified atom stereocenters. The highest BCUT2D eigenvalue weighted by molar-refractivity contribution is 5.94. The van der Waals surface area contributed by atoms with E-state index in [1.807, 2.05) is 24.3 Å². The Kier molecular flexibility index (Phi) is 7.03. The van der Waals surface area contributed by atoms with Gasteiger partial charge in [-0.1, -0.05) is 36.4 Å². The van der Waals surface area contributed by atoms with Crippen LogP contribution in [0.15, 0.2) is 60.8 Å². The van der Waals surface area contributed by atoms with Crippen LogP contribution in [0, 0.1) is 0 Å². The number of carbonyl (C=O) groups excluding carboxylic acids is 1. The van der Waals surface area contributed by atoms with Crippen LogP contribution in [0.2, 0.25) is 0 Å². The standard InChI is InChI=1S/C21H20F3N5O2/c22-21(23,24)28-12-15-5-7-17(8-6-15)19(30)27-11-14-1-3-16(4-2-14)13-31-20-26-10-9-18(25)29-20/h1-10,28H,11-13H2,(H,27,30)(H2,25,26,29). The van der Waals surface area contributed by atoms with Gasteiger partial charge in [0, 0.05) is 24.8 Å². The lowest BCUT2D eigenvalue weighted by Gasteiger charge is -2.10. The van der Waals surface area contributed by atoms with Gasteiger partial charge < -0.3 is 15.8 Å².